The Balaban J connectivity index is 1.93. The van der Waals surface area contributed by atoms with E-state index in [1.807, 2.05) is 0 Å². The highest BCUT2D eigenvalue weighted by atomic mass is 19.1. The Morgan fingerprint density at radius 1 is 1.19 bits per heavy atom. The van der Waals surface area contributed by atoms with Gasteiger partial charge in [-0.05, 0) is 42.0 Å². The number of esters is 1. The zero-order valence-corrected chi connectivity index (χ0v) is 11.2. The minimum absolute atomic E-state index is 0.0589. The number of carbonyl (C=O) groups excluding carboxylic acids is 1. The van der Waals surface area contributed by atoms with Crippen molar-refractivity contribution in [2.75, 3.05) is 6.61 Å². The highest BCUT2D eigenvalue weighted by molar-refractivity contribution is 5.89. The molecule has 0 aliphatic heterocycles. The van der Waals surface area contributed by atoms with Gasteiger partial charge in [-0.1, -0.05) is 18.1 Å². The standard InChI is InChI=1S/C17H13FO3/c1-2-10-20-17(19)14-6-8-16(9-7-14)21-12-13-4-3-5-15(18)11-13/h1,3-9,11H,10,12H2. The molecule has 0 spiro atoms. The molecule has 0 aromatic heterocycles. The van der Waals surface area contributed by atoms with Crippen LogP contribution >= 0.6 is 0 Å². The molecule has 21 heavy (non-hydrogen) atoms. The quantitative estimate of drug-likeness (QED) is 0.625. The van der Waals surface area contributed by atoms with Crippen LogP contribution in [-0.2, 0) is 11.3 Å². The molecule has 0 unspecified atom stereocenters. The van der Waals surface area contributed by atoms with Crippen LogP contribution in [-0.4, -0.2) is 12.6 Å². The summed E-state index contributed by atoms with van der Waals surface area (Å²) >= 11 is 0. The van der Waals surface area contributed by atoms with Crippen LogP contribution in [0.25, 0.3) is 0 Å². The summed E-state index contributed by atoms with van der Waals surface area (Å²) in [4.78, 5) is 11.5. The van der Waals surface area contributed by atoms with E-state index in [0.29, 0.717) is 11.3 Å². The number of rotatable bonds is 5. The maximum atomic E-state index is 13.0. The Morgan fingerprint density at radius 2 is 1.95 bits per heavy atom. The lowest BCUT2D eigenvalue weighted by Crippen LogP contribution is -2.05. The highest BCUT2D eigenvalue weighted by Gasteiger charge is 2.06. The van der Waals surface area contributed by atoms with Crippen molar-refractivity contribution < 1.29 is 18.7 Å². The van der Waals surface area contributed by atoms with Gasteiger partial charge in [0.05, 0.1) is 5.56 Å². The molecule has 0 radical (unpaired) electrons. The molecule has 0 saturated heterocycles. The number of ether oxygens (including phenoxy) is 2. The minimum Gasteiger partial charge on any atom is -0.489 e. The lowest BCUT2D eigenvalue weighted by Gasteiger charge is -2.07. The third-order valence-corrected chi connectivity index (χ3v) is 2.67. The number of hydrogen-bond donors (Lipinski definition) is 0. The van der Waals surface area contributed by atoms with Crippen molar-refractivity contribution >= 4 is 5.97 Å². The van der Waals surface area contributed by atoms with E-state index in [9.17, 15) is 9.18 Å². The Morgan fingerprint density at radius 3 is 2.62 bits per heavy atom. The molecule has 0 fully saturated rings. The van der Waals surface area contributed by atoms with Crippen molar-refractivity contribution in [2.24, 2.45) is 0 Å². The van der Waals surface area contributed by atoms with E-state index >= 15 is 0 Å². The van der Waals surface area contributed by atoms with E-state index in [1.165, 1.54) is 12.1 Å². The first kappa shape index (κ1) is 14.6. The monoisotopic (exact) mass is 284 g/mol. The lowest BCUT2D eigenvalue weighted by molar-refractivity contribution is 0.0556. The molecule has 4 heteroatoms. The van der Waals surface area contributed by atoms with Gasteiger partial charge in [0.1, 0.15) is 18.2 Å². The zero-order chi connectivity index (χ0) is 15.1. The van der Waals surface area contributed by atoms with Crippen LogP contribution in [0.3, 0.4) is 0 Å². The van der Waals surface area contributed by atoms with Crippen LogP contribution in [0.5, 0.6) is 5.75 Å². The molecule has 0 atom stereocenters. The first-order valence-electron chi connectivity index (χ1n) is 6.27. The van der Waals surface area contributed by atoms with Crippen LogP contribution in [0.4, 0.5) is 4.39 Å². The fourth-order valence-corrected chi connectivity index (χ4v) is 1.67. The van der Waals surface area contributed by atoms with Gasteiger partial charge in [-0.3, -0.25) is 0 Å². The van der Waals surface area contributed by atoms with Crippen LogP contribution in [0.15, 0.2) is 48.5 Å². The van der Waals surface area contributed by atoms with Gasteiger partial charge >= 0.3 is 5.97 Å². The minimum atomic E-state index is -0.482. The molecular formula is C17H13FO3. The molecular weight excluding hydrogens is 271 g/mol. The van der Waals surface area contributed by atoms with Crippen LogP contribution < -0.4 is 4.74 Å². The van der Waals surface area contributed by atoms with E-state index < -0.39 is 5.97 Å². The second-order valence-electron chi connectivity index (χ2n) is 4.22. The summed E-state index contributed by atoms with van der Waals surface area (Å²) in [5, 5.41) is 0. The molecule has 2 aromatic rings. The summed E-state index contributed by atoms with van der Waals surface area (Å²) < 4.78 is 23.3. The number of benzene rings is 2. The maximum Gasteiger partial charge on any atom is 0.339 e. The highest BCUT2D eigenvalue weighted by Crippen LogP contribution is 2.15. The van der Waals surface area contributed by atoms with Crippen molar-refractivity contribution in [3.63, 3.8) is 0 Å². The van der Waals surface area contributed by atoms with E-state index in [-0.39, 0.29) is 19.0 Å². The van der Waals surface area contributed by atoms with Gasteiger partial charge in [0.25, 0.3) is 0 Å². The number of hydrogen-bond acceptors (Lipinski definition) is 3. The zero-order valence-electron chi connectivity index (χ0n) is 11.2. The lowest BCUT2D eigenvalue weighted by atomic mass is 10.2. The molecule has 0 heterocycles. The third kappa shape index (κ3) is 4.36. The van der Waals surface area contributed by atoms with Crippen LogP contribution in [0.2, 0.25) is 0 Å². The summed E-state index contributed by atoms with van der Waals surface area (Å²) in [6, 6.07) is 12.6. The Kier molecular flexibility index (Phi) is 4.94. The largest absolute Gasteiger partial charge is 0.489 e. The molecule has 0 saturated carbocycles. The van der Waals surface area contributed by atoms with Gasteiger partial charge in [0, 0.05) is 0 Å². The van der Waals surface area contributed by atoms with Crippen molar-refractivity contribution in [3.8, 4) is 18.1 Å². The first-order chi connectivity index (χ1) is 10.2. The summed E-state index contributed by atoms with van der Waals surface area (Å²) in [7, 11) is 0. The van der Waals surface area contributed by atoms with Gasteiger partial charge in [-0.2, -0.15) is 0 Å². The summed E-state index contributed by atoms with van der Waals surface area (Å²) in [5.41, 5.74) is 1.12. The molecule has 0 bridgehead atoms. The summed E-state index contributed by atoms with van der Waals surface area (Å²) in [5.74, 6) is 2.02. The van der Waals surface area contributed by atoms with E-state index in [4.69, 9.17) is 15.9 Å². The number of terminal acetylenes is 1. The van der Waals surface area contributed by atoms with Gasteiger partial charge in [-0.15, -0.1) is 6.42 Å². The van der Waals surface area contributed by atoms with Crippen molar-refractivity contribution in [1.29, 1.82) is 0 Å². The van der Waals surface area contributed by atoms with Crippen molar-refractivity contribution in [2.45, 2.75) is 6.61 Å². The van der Waals surface area contributed by atoms with Gasteiger partial charge in [-0.25, -0.2) is 9.18 Å². The SMILES string of the molecule is C#CCOC(=O)c1ccc(OCc2cccc(F)c2)cc1. The average molecular weight is 284 g/mol. The molecule has 2 rings (SSSR count). The second kappa shape index (κ2) is 7.11. The third-order valence-electron chi connectivity index (χ3n) is 2.67. The average Bonchev–Trinajstić information content (AvgIpc) is 2.51. The topological polar surface area (TPSA) is 35.5 Å². The van der Waals surface area contributed by atoms with E-state index in [0.717, 1.165) is 5.56 Å². The van der Waals surface area contributed by atoms with Gasteiger partial charge < -0.3 is 9.47 Å². The Hall–Kier alpha value is -2.80. The molecule has 0 aliphatic rings. The smallest absolute Gasteiger partial charge is 0.339 e. The Labute approximate surface area is 122 Å². The predicted molar refractivity (Wildman–Crippen MR) is 76.3 cm³/mol. The number of halogens is 1. The van der Waals surface area contributed by atoms with Gasteiger partial charge in [0.15, 0.2) is 6.61 Å². The van der Waals surface area contributed by atoms with Crippen LogP contribution in [0, 0.1) is 18.2 Å². The summed E-state index contributed by atoms with van der Waals surface area (Å²) in [6.45, 7) is 0.190. The van der Waals surface area contributed by atoms with E-state index in [2.05, 4.69) is 5.92 Å². The fraction of sp³-hybridized carbons (Fsp3) is 0.118. The second-order valence-corrected chi connectivity index (χ2v) is 4.22. The van der Waals surface area contributed by atoms with Gasteiger partial charge in [0.2, 0.25) is 0 Å². The van der Waals surface area contributed by atoms with Crippen molar-refractivity contribution in [1.82, 2.24) is 0 Å². The van der Waals surface area contributed by atoms with Crippen LogP contribution in [0.1, 0.15) is 15.9 Å². The molecule has 2 aromatic carbocycles. The molecule has 0 N–H and O–H groups in total. The summed E-state index contributed by atoms with van der Waals surface area (Å²) in [6.07, 6.45) is 5.01. The predicted octanol–water partition coefficient (Wildman–Crippen LogP) is 3.19. The molecule has 3 nitrogen and oxygen atoms in total. The fourth-order valence-electron chi connectivity index (χ4n) is 1.67. The molecule has 0 amide bonds. The molecule has 0 aliphatic carbocycles. The Bertz CT molecular complexity index is 656. The number of carbonyl (C=O) groups is 1. The normalized spacial score (nSPS) is 9.71. The van der Waals surface area contributed by atoms with E-state index in [1.54, 1.807) is 36.4 Å². The van der Waals surface area contributed by atoms with Crippen molar-refractivity contribution in [3.05, 3.63) is 65.5 Å². The maximum absolute atomic E-state index is 13.0. The molecule has 106 valence electrons. The first-order valence-corrected chi connectivity index (χ1v) is 6.27.